The number of pyridine rings is 1. The van der Waals surface area contributed by atoms with Gasteiger partial charge in [0.15, 0.2) is 0 Å². The van der Waals surface area contributed by atoms with Gasteiger partial charge in [-0.25, -0.2) is 4.98 Å². The predicted molar refractivity (Wildman–Crippen MR) is 76.0 cm³/mol. The van der Waals surface area contributed by atoms with E-state index >= 15 is 0 Å². The van der Waals surface area contributed by atoms with Gasteiger partial charge in [0.05, 0.1) is 5.56 Å². The Bertz CT molecular complexity index is 523. The Morgan fingerprint density at radius 2 is 2.32 bits per heavy atom. The van der Waals surface area contributed by atoms with Crippen LogP contribution in [-0.4, -0.2) is 11.0 Å². The number of hydrogen-bond acceptors (Lipinski definition) is 3. The molecule has 3 nitrogen and oxygen atoms in total. The lowest BCUT2D eigenvalue weighted by molar-refractivity contribution is 0.304. The van der Waals surface area contributed by atoms with Crippen molar-refractivity contribution in [3.05, 3.63) is 22.8 Å². The van der Waals surface area contributed by atoms with E-state index < -0.39 is 0 Å². The summed E-state index contributed by atoms with van der Waals surface area (Å²) in [6.45, 7) is 2.21. The molecule has 2 fully saturated rings. The number of halogens is 1. The van der Waals surface area contributed by atoms with Crippen LogP contribution in [0.1, 0.15) is 38.2 Å². The average molecular weight is 276 g/mol. The van der Waals surface area contributed by atoms with Crippen molar-refractivity contribution in [2.45, 2.75) is 38.6 Å². The summed E-state index contributed by atoms with van der Waals surface area (Å²) in [5.74, 6) is 3.18. The fourth-order valence-electron chi connectivity index (χ4n) is 3.86. The molecule has 2 aliphatic carbocycles. The summed E-state index contributed by atoms with van der Waals surface area (Å²) in [6.07, 6.45) is 7.16. The van der Waals surface area contributed by atoms with Crippen LogP contribution in [0.25, 0.3) is 0 Å². The topological polar surface area (TPSA) is 48.7 Å². The van der Waals surface area contributed by atoms with Gasteiger partial charge in [0, 0.05) is 12.2 Å². The second kappa shape index (κ2) is 5.02. The Kier molecular flexibility index (Phi) is 3.36. The molecule has 2 aliphatic rings. The minimum absolute atomic E-state index is 0.370. The first-order valence-corrected chi connectivity index (χ1v) is 7.38. The van der Waals surface area contributed by atoms with E-state index in [4.69, 9.17) is 16.9 Å². The minimum atomic E-state index is 0.370. The maximum absolute atomic E-state index is 8.98. The summed E-state index contributed by atoms with van der Waals surface area (Å²) >= 11 is 6.19. The molecule has 0 aliphatic heterocycles. The van der Waals surface area contributed by atoms with Crippen LogP contribution in [0.2, 0.25) is 5.02 Å². The highest BCUT2D eigenvalue weighted by Crippen LogP contribution is 2.49. The van der Waals surface area contributed by atoms with E-state index in [-0.39, 0.29) is 0 Å². The summed E-state index contributed by atoms with van der Waals surface area (Å²) in [5.41, 5.74) is 0.485. The second-order valence-electron chi connectivity index (χ2n) is 5.90. The van der Waals surface area contributed by atoms with E-state index in [1.807, 2.05) is 0 Å². The first-order chi connectivity index (χ1) is 9.19. The summed E-state index contributed by atoms with van der Waals surface area (Å²) in [4.78, 5) is 4.27. The molecule has 1 N–H and O–H groups in total. The van der Waals surface area contributed by atoms with Crippen LogP contribution in [0.15, 0.2) is 12.3 Å². The first kappa shape index (κ1) is 12.7. The van der Waals surface area contributed by atoms with E-state index in [9.17, 15) is 0 Å². The van der Waals surface area contributed by atoms with Crippen LogP contribution >= 0.6 is 11.6 Å². The Morgan fingerprint density at radius 3 is 2.95 bits per heavy atom. The van der Waals surface area contributed by atoms with E-state index in [0.717, 1.165) is 17.8 Å². The number of nitrogens with zero attached hydrogens (tertiary/aromatic N) is 2. The molecule has 0 radical (unpaired) electrons. The summed E-state index contributed by atoms with van der Waals surface area (Å²) < 4.78 is 0. The van der Waals surface area contributed by atoms with Crippen LogP contribution in [0.4, 0.5) is 5.82 Å². The molecule has 3 rings (SSSR count). The predicted octanol–water partition coefficient (Wildman–Crippen LogP) is 3.84. The van der Waals surface area contributed by atoms with Crippen molar-refractivity contribution in [1.29, 1.82) is 5.26 Å². The van der Waals surface area contributed by atoms with Crippen molar-refractivity contribution in [1.82, 2.24) is 4.98 Å². The summed E-state index contributed by atoms with van der Waals surface area (Å²) in [7, 11) is 0. The summed E-state index contributed by atoms with van der Waals surface area (Å²) in [5, 5.41) is 12.8. The lowest BCUT2D eigenvalue weighted by Gasteiger charge is -2.29. The molecule has 4 heteroatoms. The Morgan fingerprint density at radius 1 is 1.47 bits per heavy atom. The highest BCUT2D eigenvalue weighted by molar-refractivity contribution is 6.34. The quantitative estimate of drug-likeness (QED) is 0.912. The van der Waals surface area contributed by atoms with Gasteiger partial charge < -0.3 is 5.32 Å². The van der Waals surface area contributed by atoms with E-state index in [2.05, 4.69) is 23.3 Å². The molecule has 4 atom stereocenters. The summed E-state index contributed by atoms with van der Waals surface area (Å²) in [6, 6.07) is 4.11. The van der Waals surface area contributed by atoms with Gasteiger partial charge in [0.1, 0.15) is 16.9 Å². The molecule has 100 valence electrons. The maximum Gasteiger partial charge on any atom is 0.146 e. The van der Waals surface area contributed by atoms with Gasteiger partial charge in [-0.1, -0.05) is 18.0 Å². The molecule has 0 aromatic carbocycles. The number of nitriles is 1. The van der Waals surface area contributed by atoms with Crippen molar-refractivity contribution in [2.75, 3.05) is 5.32 Å². The van der Waals surface area contributed by atoms with Gasteiger partial charge in [-0.3, -0.25) is 0 Å². The van der Waals surface area contributed by atoms with E-state index in [0.29, 0.717) is 22.4 Å². The van der Waals surface area contributed by atoms with Crippen LogP contribution in [-0.2, 0) is 0 Å². The second-order valence-corrected chi connectivity index (χ2v) is 6.28. The molecule has 1 aromatic rings. The van der Waals surface area contributed by atoms with Crippen molar-refractivity contribution in [2.24, 2.45) is 17.8 Å². The van der Waals surface area contributed by atoms with Crippen LogP contribution in [0, 0.1) is 29.1 Å². The fraction of sp³-hybridized carbons (Fsp3) is 0.600. The number of aromatic nitrogens is 1. The van der Waals surface area contributed by atoms with Gasteiger partial charge in [-0.2, -0.15) is 5.26 Å². The van der Waals surface area contributed by atoms with Crippen molar-refractivity contribution in [3.8, 4) is 6.07 Å². The van der Waals surface area contributed by atoms with Gasteiger partial charge in [-0.15, -0.1) is 0 Å². The fourth-order valence-corrected chi connectivity index (χ4v) is 4.07. The largest absolute Gasteiger partial charge is 0.366 e. The molecule has 2 saturated carbocycles. The van der Waals surface area contributed by atoms with Gasteiger partial charge in [0.2, 0.25) is 0 Å². The third-order valence-corrected chi connectivity index (χ3v) is 5.19. The van der Waals surface area contributed by atoms with Gasteiger partial charge in [0.25, 0.3) is 0 Å². The van der Waals surface area contributed by atoms with E-state index in [1.54, 1.807) is 12.3 Å². The zero-order valence-electron chi connectivity index (χ0n) is 11.1. The molecule has 1 heterocycles. The van der Waals surface area contributed by atoms with Gasteiger partial charge in [-0.05, 0) is 50.0 Å². The minimum Gasteiger partial charge on any atom is -0.366 e. The van der Waals surface area contributed by atoms with Crippen LogP contribution < -0.4 is 5.32 Å². The lowest BCUT2D eigenvalue weighted by Crippen LogP contribution is -2.30. The number of fused-ring (bicyclic) bond motifs is 2. The standard InChI is InChI=1S/C15H18ClN3/c1-9(13-7-10-2-3-11(13)6-10)19-15-14(16)12(8-17)4-5-18-15/h4-5,9-11,13H,2-3,6-7H2,1H3,(H,18,19). The number of nitrogens with one attached hydrogen (secondary N) is 1. The molecule has 19 heavy (non-hydrogen) atoms. The third-order valence-electron chi connectivity index (χ3n) is 4.81. The first-order valence-electron chi connectivity index (χ1n) is 7.00. The third kappa shape index (κ3) is 2.30. The SMILES string of the molecule is CC(Nc1nccc(C#N)c1Cl)C1CC2CCC1C2. The Balaban J connectivity index is 1.73. The lowest BCUT2D eigenvalue weighted by atomic mass is 9.84. The van der Waals surface area contributed by atoms with Crippen molar-refractivity contribution < 1.29 is 0 Å². The number of rotatable bonds is 3. The molecule has 2 bridgehead atoms. The zero-order chi connectivity index (χ0) is 13.4. The Labute approximate surface area is 119 Å². The number of anilines is 1. The smallest absolute Gasteiger partial charge is 0.146 e. The molecular weight excluding hydrogens is 258 g/mol. The monoisotopic (exact) mass is 275 g/mol. The highest BCUT2D eigenvalue weighted by atomic mass is 35.5. The molecule has 4 unspecified atom stereocenters. The highest BCUT2D eigenvalue weighted by Gasteiger charge is 2.41. The Hall–Kier alpha value is -1.27. The molecule has 0 spiro atoms. The van der Waals surface area contributed by atoms with Crippen LogP contribution in [0.5, 0.6) is 0 Å². The molecule has 0 saturated heterocycles. The number of hydrogen-bond donors (Lipinski definition) is 1. The van der Waals surface area contributed by atoms with E-state index in [1.165, 1.54) is 25.7 Å². The van der Waals surface area contributed by atoms with Gasteiger partial charge >= 0.3 is 0 Å². The normalized spacial score (nSPS) is 30.1. The average Bonchev–Trinajstić information content (AvgIpc) is 3.03. The zero-order valence-corrected chi connectivity index (χ0v) is 11.8. The van der Waals surface area contributed by atoms with Crippen molar-refractivity contribution >= 4 is 17.4 Å². The maximum atomic E-state index is 8.98. The molecular formula is C15H18ClN3. The van der Waals surface area contributed by atoms with Crippen molar-refractivity contribution in [3.63, 3.8) is 0 Å². The molecule has 1 aromatic heterocycles. The molecule has 0 amide bonds. The van der Waals surface area contributed by atoms with Crippen LogP contribution in [0.3, 0.4) is 0 Å².